The molecule has 2 aromatic rings. The second-order valence-corrected chi connectivity index (χ2v) is 7.28. The molecule has 0 saturated heterocycles. The van der Waals surface area contributed by atoms with Crippen LogP contribution in [0.25, 0.3) is 0 Å². The summed E-state index contributed by atoms with van der Waals surface area (Å²) in [7, 11) is -3.36. The van der Waals surface area contributed by atoms with Crippen molar-refractivity contribution in [3.8, 4) is 5.75 Å². The highest BCUT2D eigenvalue weighted by molar-refractivity contribution is 7.92. The second kappa shape index (κ2) is 8.34. The number of nitrogens with two attached hydrogens (primary N) is 1. The molecule has 0 unspecified atom stereocenters. The van der Waals surface area contributed by atoms with E-state index in [1.807, 2.05) is 0 Å². The average Bonchev–Trinajstić information content (AvgIpc) is 2.57. The standard InChI is InChI=1S/C17H19N3O5S/c1-26(23,24)20-14-4-2-3-12(9-14)10-19-16(21)11-25-15-7-5-13(6-8-15)17(18)22/h2-9,20H,10-11H2,1H3,(H2,18,22)(H,19,21). The predicted octanol–water partition coefficient (Wildman–Crippen LogP) is 0.852. The Morgan fingerprint density at radius 2 is 1.81 bits per heavy atom. The molecule has 138 valence electrons. The summed E-state index contributed by atoms with van der Waals surface area (Å²) in [5.41, 5.74) is 6.65. The Morgan fingerprint density at radius 3 is 2.42 bits per heavy atom. The summed E-state index contributed by atoms with van der Waals surface area (Å²) >= 11 is 0. The molecule has 0 aliphatic rings. The van der Waals surface area contributed by atoms with Gasteiger partial charge in [0, 0.05) is 17.8 Å². The van der Waals surface area contributed by atoms with Crippen LogP contribution >= 0.6 is 0 Å². The molecule has 0 radical (unpaired) electrons. The van der Waals surface area contributed by atoms with Crippen molar-refractivity contribution in [2.24, 2.45) is 5.73 Å². The molecule has 0 saturated carbocycles. The van der Waals surface area contributed by atoms with Gasteiger partial charge in [0.25, 0.3) is 5.91 Å². The van der Waals surface area contributed by atoms with Gasteiger partial charge in [-0.1, -0.05) is 12.1 Å². The number of nitrogens with one attached hydrogen (secondary N) is 2. The maximum absolute atomic E-state index is 11.9. The van der Waals surface area contributed by atoms with Crippen molar-refractivity contribution in [1.82, 2.24) is 5.32 Å². The number of ether oxygens (including phenoxy) is 1. The summed E-state index contributed by atoms with van der Waals surface area (Å²) in [5, 5.41) is 2.67. The van der Waals surface area contributed by atoms with E-state index < -0.39 is 15.9 Å². The fourth-order valence-corrected chi connectivity index (χ4v) is 2.63. The van der Waals surface area contributed by atoms with Crippen LogP contribution in [0.3, 0.4) is 0 Å². The van der Waals surface area contributed by atoms with Gasteiger partial charge in [-0.2, -0.15) is 0 Å². The van der Waals surface area contributed by atoms with Crippen LogP contribution in [0.15, 0.2) is 48.5 Å². The van der Waals surface area contributed by atoms with Crippen molar-refractivity contribution < 1.29 is 22.7 Å². The Bertz CT molecular complexity index is 895. The third-order valence-electron chi connectivity index (χ3n) is 3.23. The normalized spacial score (nSPS) is 10.8. The Hall–Kier alpha value is -3.07. The van der Waals surface area contributed by atoms with E-state index in [0.29, 0.717) is 17.0 Å². The van der Waals surface area contributed by atoms with E-state index in [9.17, 15) is 18.0 Å². The number of primary amides is 1. The molecule has 0 aliphatic carbocycles. The lowest BCUT2D eigenvalue weighted by Gasteiger charge is -2.09. The van der Waals surface area contributed by atoms with Crippen molar-refractivity contribution in [3.63, 3.8) is 0 Å². The molecule has 0 heterocycles. The van der Waals surface area contributed by atoms with Crippen molar-refractivity contribution >= 4 is 27.5 Å². The summed E-state index contributed by atoms with van der Waals surface area (Å²) in [4.78, 5) is 22.8. The fraction of sp³-hybridized carbons (Fsp3) is 0.176. The highest BCUT2D eigenvalue weighted by Gasteiger charge is 2.06. The molecule has 2 rings (SSSR count). The lowest BCUT2D eigenvalue weighted by Crippen LogP contribution is -2.28. The van der Waals surface area contributed by atoms with Gasteiger partial charge in [0.1, 0.15) is 5.75 Å². The van der Waals surface area contributed by atoms with Gasteiger partial charge in [0.05, 0.1) is 6.26 Å². The summed E-state index contributed by atoms with van der Waals surface area (Å²) < 4.78 is 30.2. The minimum absolute atomic E-state index is 0.197. The third-order valence-corrected chi connectivity index (χ3v) is 3.84. The summed E-state index contributed by atoms with van der Waals surface area (Å²) in [6.45, 7) is 0.0271. The number of amides is 2. The Morgan fingerprint density at radius 1 is 1.12 bits per heavy atom. The number of hydrogen-bond acceptors (Lipinski definition) is 5. The molecular weight excluding hydrogens is 358 g/mol. The van der Waals surface area contributed by atoms with Crippen LogP contribution in [0, 0.1) is 0 Å². The molecule has 8 nitrogen and oxygen atoms in total. The monoisotopic (exact) mass is 377 g/mol. The molecule has 2 amide bonds. The van der Waals surface area contributed by atoms with Crippen molar-refractivity contribution in [3.05, 3.63) is 59.7 Å². The molecule has 0 fully saturated rings. The first-order valence-corrected chi connectivity index (χ1v) is 9.48. The average molecular weight is 377 g/mol. The van der Waals surface area contributed by atoms with Gasteiger partial charge < -0.3 is 15.8 Å². The van der Waals surface area contributed by atoms with E-state index in [1.54, 1.807) is 36.4 Å². The van der Waals surface area contributed by atoms with Crippen LogP contribution in [0.1, 0.15) is 15.9 Å². The zero-order valence-electron chi connectivity index (χ0n) is 14.1. The van der Waals surface area contributed by atoms with Gasteiger partial charge in [-0.3, -0.25) is 14.3 Å². The molecule has 0 bridgehead atoms. The molecule has 9 heteroatoms. The molecule has 0 spiro atoms. The number of sulfonamides is 1. The number of anilines is 1. The third kappa shape index (κ3) is 6.44. The lowest BCUT2D eigenvalue weighted by molar-refractivity contribution is -0.123. The van der Waals surface area contributed by atoms with E-state index in [1.165, 1.54) is 12.1 Å². The Labute approximate surface area is 151 Å². The summed E-state index contributed by atoms with van der Waals surface area (Å²) in [6.07, 6.45) is 1.06. The first-order chi connectivity index (χ1) is 12.2. The van der Waals surface area contributed by atoms with Gasteiger partial charge >= 0.3 is 0 Å². The second-order valence-electron chi connectivity index (χ2n) is 5.53. The molecule has 0 atom stereocenters. The van der Waals surface area contributed by atoms with E-state index >= 15 is 0 Å². The van der Waals surface area contributed by atoms with Crippen LogP contribution in [0.4, 0.5) is 5.69 Å². The lowest BCUT2D eigenvalue weighted by atomic mass is 10.2. The summed E-state index contributed by atoms with van der Waals surface area (Å²) in [5.74, 6) is -0.447. The topological polar surface area (TPSA) is 128 Å². The molecular formula is C17H19N3O5S. The highest BCUT2D eigenvalue weighted by atomic mass is 32.2. The van der Waals surface area contributed by atoms with Crippen molar-refractivity contribution in [1.29, 1.82) is 0 Å². The van der Waals surface area contributed by atoms with E-state index in [4.69, 9.17) is 10.5 Å². The van der Waals surface area contributed by atoms with Gasteiger partial charge in [0.2, 0.25) is 15.9 Å². The maximum Gasteiger partial charge on any atom is 0.258 e. The Balaban J connectivity index is 1.83. The maximum atomic E-state index is 11.9. The molecule has 0 aromatic heterocycles. The van der Waals surface area contributed by atoms with Crippen LogP contribution < -0.4 is 20.5 Å². The van der Waals surface area contributed by atoms with Crippen LogP contribution in [-0.4, -0.2) is 33.1 Å². The minimum atomic E-state index is -3.36. The quantitative estimate of drug-likeness (QED) is 0.628. The van der Waals surface area contributed by atoms with E-state index in [0.717, 1.165) is 11.8 Å². The molecule has 4 N–H and O–H groups in total. The smallest absolute Gasteiger partial charge is 0.258 e. The Kier molecular flexibility index (Phi) is 6.18. The van der Waals surface area contributed by atoms with Gasteiger partial charge in [-0.25, -0.2) is 8.42 Å². The van der Waals surface area contributed by atoms with Crippen molar-refractivity contribution in [2.75, 3.05) is 17.6 Å². The number of carbonyl (C=O) groups is 2. The van der Waals surface area contributed by atoms with E-state index in [-0.39, 0.29) is 19.1 Å². The van der Waals surface area contributed by atoms with Crippen LogP contribution in [-0.2, 0) is 21.4 Å². The SMILES string of the molecule is CS(=O)(=O)Nc1cccc(CNC(=O)COc2ccc(C(N)=O)cc2)c1. The van der Waals surface area contributed by atoms with Gasteiger partial charge in [0.15, 0.2) is 6.61 Å². The number of benzene rings is 2. The zero-order chi connectivity index (χ0) is 19.2. The molecule has 0 aliphatic heterocycles. The fourth-order valence-electron chi connectivity index (χ4n) is 2.07. The number of carbonyl (C=O) groups excluding carboxylic acids is 2. The van der Waals surface area contributed by atoms with Crippen molar-refractivity contribution in [2.45, 2.75) is 6.54 Å². The minimum Gasteiger partial charge on any atom is -0.484 e. The highest BCUT2D eigenvalue weighted by Crippen LogP contribution is 2.13. The summed E-state index contributed by atoms with van der Waals surface area (Å²) in [6, 6.07) is 12.8. The van der Waals surface area contributed by atoms with Crippen LogP contribution in [0.2, 0.25) is 0 Å². The molecule has 26 heavy (non-hydrogen) atoms. The first-order valence-electron chi connectivity index (χ1n) is 7.59. The largest absolute Gasteiger partial charge is 0.484 e. The number of rotatable bonds is 8. The first kappa shape index (κ1) is 19.3. The van der Waals surface area contributed by atoms with Gasteiger partial charge in [-0.15, -0.1) is 0 Å². The molecule has 2 aromatic carbocycles. The predicted molar refractivity (Wildman–Crippen MR) is 97.2 cm³/mol. The van der Waals surface area contributed by atoms with Gasteiger partial charge in [-0.05, 0) is 42.0 Å². The van der Waals surface area contributed by atoms with Crippen LogP contribution in [0.5, 0.6) is 5.75 Å². The zero-order valence-corrected chi connectivity index (χ0v) is 14.9. The van der Waals surface area contributed by atoms with E-state index in [2.05, 4.69) is 10.0 Å². The number of hydrogen-bond donors (Lipinski definition) is 3.